The van der Waals surface area contributed by atoms with Gasteiger partial charge in [-0.3, -0.25) is 5.10 Å². The van der Waals surface area contributed by atoms with Gasteiger partial charge in [-0.1, -0.05) is 30.3 Å². The summed E-state index contributed by atoms with van der Waals surface area (Å²) in [6.45, 7) is -2.47. The second kappa shape index (κ2) is 5.78. The Kier molecular flexibility index (Phi) is 3.68. The van der Waals surface area contributed by atoms with Crippen LogP contribution in [0.5, 0.6) is 11.6 Å². The normalized spacial score (nSPS) is 11.0. The molecule has 3 rings (SSSR count). The number of nitrogens with zero attached hydrogens (tertiary/aromatic N) is 1. The predicted molar refractivity (Wildman–Crippen MR) is 73.5 cm³/mol. The van der Waals surface area contributed by atoms with E-state index in [1.807, 2.05) is 30.3 Å². The van der Waals surface area contributed by atoms with E-state index in [1.165, 1.54) is 0 Å². The topological polar surface area (TPSA) is 47.1 Å². The van der Waals surface area contributed by atoms with Gasteiger partial charge in [-0.15, -0.1) is 5.10 Å². The number of ether oxygens (including phenoxy) is 2. The summed E-state index contributed by atoms with van der Waals surface area (Å²) in [6, 6.07) is 14.8. The lowest BCUT2D eigenvalue weighted by atomic mass is 10.2. The molecular weight excluding hydrogens is 278 g/mol. The molecule has 0 spiro atoms. The fourth-order valence-electron chi connectivity index (χ4n) is 1.98. The smallest absolute Gasteiger partial charge is 0.388 e. The average Bonchev–Trinajstić information content (AvgIpc) is 2.88. The molecule has 1 heterocycles. The molecule has 0 saturated heterocycles. The van der Waals surface area contributed by atoms with Crippen molar-refractivity contribution in [2.45, 2.75) is 13.2 Å². The number of aromatic amines is 1. The third-order valence-corrected chi connectivity index (χ3v) is 2.95. The number of hydrogen-bond acceptors (Lipinski definition) is 3. The minimum atomic E-state index is -2.90. The molecule has 0 aliphatic carbocycles. The highest BCUT2D eigenvalue weighted by Crippen LogP contribution is 2.27. The molecule has 0 unspecified atom stereocenters. The second-order valence-corrected chi connectivity index (χ2v) is 4.39. The van der Waals surface area contributed by atoms with Gasteiger partial charge in [-0.25, -0.2) is 0 Å². The van der Waals surface area contributed by atoms with Crippen LogP contribution in [0.25, 0.3) is 10.9 Å². The lowest BCUT2D eigenvalue weighted by Gasteiger charge is -2.06. The number of hydrogen-bond donors (Lipinski definition) is 1. The standard InChI is InChI=1S/C15H12F2N2O2/c16-15(17)21-14-12-7-6-11(8-13(12)18-19-14)20-9-10-4-2-1-3-5-10/h1-8,15H,9H2,(H,18,19). The first-order chi connectivity index (χ1) is 10.2. The molecule has 3 aromatic rings. The number of rotatable bonds is 5. The number of nitrogens with one attached hydrogen (secondary N) is 1. The lowest BCUT2D eigenvalue weighted by Crippen LogP contribution is -2.02. The van der Waals surface area contributed by atoms with Gasteiger partial charge in [0.1, 0.15) is 12.4 Å². The zero-order chi connectivity index (χ0) is 14.7. The van der Waals surface area contributed by atoms with Crippen LogP contribution in [0.2, 0.25) is 0 Å². The summed E-state index contributed by atoms with van der Waals surface area (Å²) in [4.78, 5) is 0. The van der Waals surface area contributed by atoms with Crippen molar-refractivity contribution in [3.8, 4) is 11.6 Å². The van der Waals surface area contributed by atoms with Crippen LogP contribution in [0, 0.1) is 0 Å². The molecular formula is C15H12F2N2O2. The van der Waals surface area contributed by atoms with E-state index in [1.54, 1.807) is 18.2 Å². The average molecular weight is 290 g/mol. The Morgan fingerprint density at radius 2 is 1.90 bits per heavy atom. The molecule has 6 heteroatoms. The predicted octanol–water partition coefficient (Wildman–Crippen LogP) is 3.74. The van der Waals surface area contributed by atoms with Crippen LogP contribution >= 0.6 is 0 Å². The van der Waals surface area contributed by atoms with Crippen molar-refractivity contribution < 1.29 is 18.3 Å². The van der Waals surface area contributed by atoms with Crippen molar-refractivity contribution in [2.24, 2.45) is 0 Å². The van der Waals surface area contributed by atoms with Crippen LogP contribution in [-0.2, 0) is 6.61 Å². The van der Waals surface area contributed by atoms with Crippen molar-refractivity contribution in [2.75, 3.05) is 0 Å². The van der Waals surface area contributed by atoms with E-state index >= 15 is 0 Å². The van der Waals surface area contributed by atoms with Gasteiger partial charge >= 0.3 is 6.61 Å². The van der Waals surface area contributed by atoms with Gasteiger partial charge < -0.3 is 9.47 Å². The highest BCUT2D eigenvalue weighted by Gasteiger charge is 2.12. The summed E-state index contributed by atoms with van der Waals surface area (Å²) in [5, 5.41) is 6.84. The summed E-state index contributed by atoms with van der Waals surface area (Å²) in [5.74, 6) is 0.508. The van der Waals surface area contributed by atoms with E-state index in [0.717, 1.165) is 5.56 Å². The van der Waals surface area contributed by atoms with E-state index < -0.39 is 6.61 Å². The maximum Gasteiger partial charge on any atom is 0.388 e. The minimum absolute atomic E-state index is 0.116. The number of alkyl halides is 2. The van der Waals surface area contributed by atoms with Crippen molar-refractivity contribution in [1.29, 1.82) is 0 Å². The van der Waals surface area contributed by atoms with Crippen LogP contribution in [-0.4, -0.2) is 16.8 Å². The van der Waals surface area contributed by atoms with Crippen LogP contribution in [0.15, 0.2) is 48.5 Å². The molecule has 0 fully saturated rings. The fourth-order valence-corrected chi connectivity index (χ4v) is 1.98. The maximum absolute atomic E-state index is 12.2. The first-order valence-electron chi connectivity index (χ1n) is 6.32. The van der Waals surface area contributed by atoms with Gasteiger partial charge in [0, 0.05) is 6.07 Å². The van der Waals surface area contributed by atoms with Crippen molar-refractivity contribution in [1.82, 2.24) is 10.2 Å². The second-order valence-electron chi connectivity index (χ2n) is 4.39. The largest absolute Gasteiger partial charge is 0.489 e. The zero-order valence-corrected chi connectivity index (χ0v) is 10.9. The third kappa shape index (κ3) is 3.10. The summed E-state index contributed by atoms with van der Waals surface area (Å²) >= 11 is 0. The molecule has 21 heavy (non-hydrogen) atoms. The van der Waals surface area contributed by atoms with Crippen LogP contribution < -0.4 is 9.47 Å². The molecule has 1 aromatic heterocycles. The van der Waals surface area contributed by atoms with Crippen LogP contribution in [0.4, 0.5) is 8.78 Å². The highest BCUT2D eigenvalue weighted by atomic mass is 19.3. The number of H-pyrrole nitrogens is 1. The van der Waals surface area contributed by atoms with Crippen molar-refractivity contribution in [3.63, 3.8) is 0 Å². The molecule has 0 aliphatic heterocycles. The Balaban J connectivity index is 1.75. The van der Waals surface area contributed by atoms with Gasteiger partial charge in [0.15, 0.2) is 0 Å². The summed E-state index contributed by atoms with van der Waals surface area (Å²) in [5.41, 5.74) is 1.63. The Hall–Kier alpha value is -2.63. The van der Waals surface area contributed by atoms with Gasteiger partial charge in [-0.2, -0.15) is 8.78 Å². The zero-order valence-electron chi connectivity index (χ0n) is 10.9. The van der Waals surface area contributed by atoms with E-state index in [4.69, 9.17) is 4.74 Å². The Bertz CT molecular complexity index is 729. The first kappa shape index (κ1) is 13.4. The molecule has 108 valence electrons. The highest BCUT2D eigenvalue weighted by molar-refractivity contribution is 5.85. The molecule has 2 aromatic carbocycles. The maximum atomic E-state index is 12.2. The van der Waals surface area contributed by atoms with E-state index in [0.29, 0.717) is 23.3 Å². The Morgan fingerprint density at radius 1 is 1.10 bits per heavy atom. The summed E-state index contributed by atoms with van der Waals surface area (Å²) in [7, 11) is 0. The van der Waals surface area contributed by atoms with Crippen molar-refractivity contribution >= 4 is 10.9 Å². The van der Waals surface area contributed by atoms with Crippen LogP contribution in [0.3, 0.4) is 0 Å². The van der Waals surface area contributed by atoms with Gasteiger partial charge in [0.2, 0.25) is 5.88 Å². The van der Waals surface area contributed by atoms with Crippen LogP contribution in [0.1, 0.15) is 5.56 Å². The van der Waals surface area contributed by atoms with Crippen molar-refractivity contribution in [3.05, 3.63) is 54.1 Å². The molecule has 0 saturated carbocycles. The molecule has 1 N–H and O–H groups in total. The molecule has 0 radical (unpaired) electrons. The number of halogens is 2. The quantitative estimate of drug-likeness (QED) is 0.778. The molecule has 0 aliphatic rings. The summed E-state index contributed by atoms with van der Waals surface area (Å²) < 4.78 is 34.4. The molecule has 0 bridgehead atoms. The number of aromatic nitrogens is 2. The lowest BCUT2D eigenvalue weighted by molar-refractivity contribution is -0.0518. The van der Waals surface area contributed by atoms with E-state index in [9.17, 15) is 8.78 Å². The van der Waals surface area contributed by atoms with Gasteiger partial charge in [0.05, 0.1) is 10.9 Å². The van der Waals surface area contributed by atoms with E-state index in [-0.39, 0.29) is 5.88 Å². The molecule has 0 amide bonds. The minimum Gasteiger partial charge on any atom is -0.489 e. The molecule has 4 nitrogen and oxygen atoms in total. The SMILES string of the molecule is FC(F)Oc1n[nH]c2cc(OCc3ccccc3)ccc12. The number of benzene rings is 2. The summed E-state index contributed by atoms with van der Waals surface area (Å²) in [6.07, 6.45) is 0. The Labute approximate surface area is 119 Å². The first-order valence-corrected chi connectivity index (χ1v) is 6.32. The Morgan fingerprint density at radius 3 is 2.67 bits per heavy atom. The van der Waals surface area contributed by atoms with E-state index in [2.05, 4.69) is 14.9 Å². The van der Waals surface area contributed by atoms with Gasteiger partial charge in [0.25, 0.3) is 0 Å². The fraction of sp³-hybridized carbons (Fsp3) is 0.133. The number of fused-ring (bicyclic) bond motifs is 1. The molecule has 0 atom stereocenters. The van der Waals surface area contributed by atoms with Gasteiger partial charge in [-0.05, 0) is 17.7 Å². The monoisotopic (exact) mass is 290 g/mol. The third-order valence-electron chi connectivity index (χ3n) is 2.95.